The van der Waals surface area contributed by atoms with E-state index in [-0.39, 0.29) is 17.5 Å². The molecule has 6 nitrogen and oxygen atoms in total. The maximum absolute atomic E-state index is 12.3. The molecule has 2 rings (SSSR count). The van der Waals surface area contributed by atoms with Gasteiger partial charge in [0.05, 0.1) is 5.69 Å². The lowest BCUT2D eigenvalue weighted by atomic mass is 10.1. The van der Waals surface area contributed by atoms with E-state index in [2.05, 4.69) is 22.7 Å². The van der Waals surface area contributed by atoms with Crippen LogP contribution in [-0.4, -0.2) is 28.6 Å². The van der Waals surface area contributed by atoms with Crippen LogP contribution < -0.4 is 10.6 Å². The van der Waals surface area contributed by atoms with Gasteiger partial charge in [-0.3, -0.25) is 14.3 Å². The van der Waals surface area contributed by atoms with Crippen LogP contribution in [0.2, 0.25) is 0 Å². The molecule has 0 saturated carbocycles. The van der Waals surface area contributed by atoms with Gasteiger partial charge in [0.15, 0.2) is 5.69 Å². The minimum atomic E-state index is -0.330. The molecule has 0 radical (unpaired) electrons. The molecule has 1 aromatic carbocycles. The van der Waals surface area contributed by atoms with Crippen molar-refractivity contribution in [3.63, 3.8) is 0 Å². The van der Waals surface area contributed by atoms with Crippen molar-refractivity contribution in [3.05, 3.63) is 47.3 Å². The van der Waals surface area contributed by atoms with E-state index in [1.54, 1.807) is 23.0 Å². The molecule has 2 amide bonds. The summed E-state index contributed by atoms with van der Waals surface area (Å²) in [6.07, 6.45) is 2.58. The molecule has 116 valence electrons. The maximum atomic E-state index is 12.3. The summed E-state index contributed by atoms with van der Waals surface area (Å²) in [5, 5.41) is 9.44. The summed E-state index contributed by atoms with van der Waals surface area (Å²) in [5.41, 5.74) is 2.33. The third kappa shape index (κ3) is 3.33. The highest BCUT2D eigenvalue weighted by Gasteiger charge is 2.18. The standard InChI is InChI=1S/C16H20N4O2/c1-4-11-6-8-12(9-7-11)15(21)18-13-10-20(5-2)19-14(13)16(22)17-3/h6-10H,4-5H2,1-3H3,(H,17,22)(H,18,21). The van der Waals surface area contributed by atoms with Gasteiger partial charge in [-0.1, -0.05) is 19.1 Å². The van der Waals surface area contributed by atoms with Gasteiger partial charge in [-0.15, -0.1) is 0 Å². The van der Waals surface area contributed by atoms with E-state index in [1.165, 1.54) is 12.6 Å². The van der Waals surface area contributed by atoms with Gasteiger partial charge in [0.2, 0.25) is 0 Å². The second-order valence-electron chi connectivity index (χ2n) is 4.83. The molecule has 0 saturated heterocycles. The van der Waals surface area contributed by atoms with Crippen molar-refractivity contribution < 1.29 is 9.59 Å². The highest BCUT2D eigenvalue weighted by atomic mass is 16.2. The van der Waals surface area contributed by atoms with Gasteiger partial charge < -0.3 is 10.6 Å². The van der Waals surface area contributed by atoms with Crippen molar-refractivity contribution in [2.24, 2.45) is 0 Å². The Kier molecular flexibility index (Phi) is 4.93. The van der Waals surface area contributed by atoms with Gasteiger partial charge in [0.1, 0.15) is 0 Å². The fraction of sp³-hybridized carbons (Fsp3) is 0.312. The number of carbonyl (C=O) groups is 2. The lowest BCUT2D eigenvalue weighted by molar-refractivity contribution is 0.0958. The molecule has 0 unspecified atom stereocenters. The van der Waals surface area contributed by atoms with E-state index in [9.17, 15) is 9.59 Å². The Morgan fingerprint density at radius 2 is 1.82 bits per heavy atom. The summed E-state index contributed by atoms with van der Waals surface area (Å²) in [6.45, 7) is 4.59. The second-order valence-corrected chi connectivity index (χ2v) is 4.83. The Hall–Kier alpha value is -2.63. The summed E-state index contributed by atoms with van der Waals surface area (Å²) in [7, 11) is 1.53. The smallest absolute Gasteiger partial charge is 0.273 e. The Morgan fingerprint density at radius 1 is 1.14 bits per heavy atom. The minimum Gasteiger partial charge on any atom is -0.354 e. The summed E-state index contributed by atoms with van der Waals surface area (Å²) in [4.78, 5) is 24.1. The Morgan fingerprint density at radius 3 is 2.36 bits per heavy atom. The first kappa shape index (κ1) is 15.8. The lowest BCUT2D eigenvalue weighted by Crippen LogP contribution is -2.21. The van der Waals surface area contributed by atoms with Gasteiger partial charge in [-0.05, 0) is 31.0 Å². The van der Waals surface area contributed by atoms with E-state index in [0.717, 1.165) is 6.42 Å². The van der Waals surface area contributed by atoms with Crippen molar-refractivity contribution in [3.8, 4) is 0 Å². The normalized spacial score (nSPS) is 10.3. The first-order chi connectivity index (χ1) is 10.6. The quantitative estimate of drug-likeness (QED) is 0.887. The van der Waals surface area contributed by atoms with Crippen LogP contribution in [0, 0.1) is 0 Å². The molecular weight excluding hydrogens is 280 g/mol. The molecule has 22 heavy (non-hydrogen) atoms. The van der Waals surface area contributed by atoms with Crippen LogP contribution in [-0.2, 0) is 13.0 Å². The average molecular weight is 300 g/mol. The number of hydrogen-bond acceptors (Lipinski definition) is 3. The number of nitrogens with one attached hydrogen (secondary N) is 2. The zero-order valence-corrected chi connectivity index (χ0v) is 13.0. The SMILES string of the molecule is CCc1ccc(C(=O)Nc2cn(CC)nc2C(=O)NC)cc1. The van der Waals surface area contributed by atoms with Crippen LogP contribution in [0.25, 0.3) is 0 Å². The van der Waals surface area contributed by atoms with E-state index in [0.29, 0.717) is 17.8 Å². The van der Waals surface area contributed by atoms with Gasteiger partial charge in [0.25, 0.3) is 11.8 Å². The predicted molar refractivity (Wildman–Crippen MR) is 85.1 cm³/mol. The molecule has 0 fully saturated rings. The molecule has 0 aliphatic rings. The van der Waals surface area contributed by atoms with Crippen molar-refractivity contribution in [1.82, 2.24) is 15.1 Å². The Bertz CT molecular complexity index is 674. The number of hydrogen-bond donors (Lipinski definition) is 2. The molecule has 2 N–H and O–H groups in total. The van der Waals surface area contributed by atoms with E-state index in [4.69, 9.17) is 0 Å². The fourth-order valence-electron chi connectivity index (χ4n) is 2.05. The predicted octanol–water partition coefficient (Wildman–Crippen LogP) is 2.08. The number of aromatic nitrogens is 2. The molecule has 2 aromatic rings. The van der Waals surface area contributed by atoms with Crippen molar-refractivity contribution in [2.45, 2.75) is 26.8 Å². The molecule has 1 aromatic heterocycles. The molecule has 0 spiro atoms. The van der Waals surface area contributed by atoms with Gasteiger partial charge in [0, 0.05) is 25.4 Å². The number of anilines is 1. The molecule has 0 aliphatic heterocycles. The highest BCUT2D eigenvalue weighted by Crippen LogP contribution is 2.16. The molecule has 0 aliphatic carbocycles. The number of aryl methyl sites for hydroxylation is 2. The third-order valence-corrected chi connectivity index (χ3v) is 3.40. The highest BCUT2D eigenvalue weighted by molar-refractivity contribution is 6.08. The monoisotopic (exact) mass is 300 g/mol. The molecule has 6 heteroatoms. The van der Waals surface area contributed by atoms with Crippen LogP contribution in [0.1, 0.15) is 40.3 Å². The first-order valence-corrected chi connectivity index (χ1v) is 7.28. The van der Waals surface area contributed by atoms with Crippen molar-refractivity contribution >= 4 is 17.5 Å². The topological polar surface area (TPSA) is 76.0 Å². The number of nitrogens with zero attached hydrogens (tertiary/aromatic N) is 2. The van der Waals surface area contributed by atoms with Crippen LogP contribution in [0.4, 0.5) is 5.69 Å². The first-order valence-electron chi connectivity index (χ1n) is 7.28. The van der Waals surface area contributed by atoms with Crippen LogP contribution in [0.5, 0.6) is 0 Å². The third-order valence-electron chi connectivity index (χ3n) is 3.40. The number of carbonyl (C=O) groups excluding carboxylic acids is 2. The Balaban J connectivity index is 2.23. The van der Waals surface area contributed by atoms with Crippen LogP contribution in [0.15, 0.2) is 30.5 Å². The van der Waals surface area contributed by atoms with E-state index in [1.807, 2.05) is 19.1 Å². The summed E-state index contributed by atoms with van der Waals surface area (Å²) >= 11 is 0. The van der Waals surface area contributed by atoms with Crippen LogP contribution in [0.3, 0.4) is 0 Å². The zero-order chi connectivity index (χ0) is 16.1. The molecule has 0 bridgehead atoms. The molecular formula is C16H20N4O2. The maximum Gasteiger partial charge on any atom is 0.273 e. The fourth-order valence-corrected chi connectivity index (χ4v) is 2.05. The second kappa shape index (κ2) is 6.89. The largest absolute Gasteiger partial charge is 0.354 e. The van der Waals surface area contributed by atoms with Gasteiger partial charge in [-0.2, -0.15) is 5.10 Å². The molecule has 1 heterocycles. The summed E-state index contributed by atoms with van der Waals surface area (Å²) in [6, 6.07) is 7.39. The van der Waals surface area contributed by atoms with Gasteiger partial charge >= 0.3 is 0 Å². The number of benzene rings is 1. The number of rotatable bonds is 5. The van der Waals surface area contributed by atoms with Crippen LogP contribution >= 0.6 is 0 Å². The zero-order valence-electron chi connectivity index (χ0n) is 13.0. The van der Waals surface area contributed by atoms with Gasteiger partial charge in [-0.25, -0.2) is 0 Å². The van der Waals surface area contributed by atoms with Crippen molar-refractivity contribution in [1.29, 1.82) is 0 Å². The minimum absolute atomic E-state index is 0.211. The summed E-state index contributed by atoms with van der Waals surface area (Å²) < 4.78 is 1.61. The molecule has 0 atom stereocenters. The van der Waals surface area contributed by atoms with Crippen molar-refractivity contribution in [2.75, 3.05) is 12.4 Å². The van der Waals surface area contributed by atoms with E-state index >= 15 is 0 Å². The van der Waals surface area contributed by atoms with E-state index < -0.39 is 0 Å². The Labute approximate surface area is 129 Å². The number of amides is 2. The summed E-state index contributed by atoms with van der Waals surface area (Å²) in [5.74, 6) is -0.590. The average Bonchev–Trinajstić information content (AvgIpc) is 2.97. The lowest BCUT2D eigenvalue weighted by Gasteiger charge is -2.05.